The van der Waals surface area contributed by atoms with E-state index in [2.05, 4.69) is 45.0 Å². The summed E-state index contributed by atoms with van der Waals surface area (Å²) in [5.74, 6) is 1.09. The van der Waals surface area contributed by atoms with E-state index in [1.54, 1.807) is 0 Å². The predicted octanol–water partition coefficient (Wildman–Crippen LogP) is 3.74. The van der Waals surface area contributed by atoms with Crippen LogP contribution in [0.1, 0.15) is 37.8 Å². The van der Waals surface area contributed by atoms with Gasteiger partial charge in [0.1, 0.15) is 0 Å². The van der Waals surface area contributed by atoms with Crippen molar-refractivity contribution in [2.24, 2.45) is 11.1 Å². The average Bonchev–Trinajstić information content (AvgIpc) is 2.52. The first-order chi connectivity index (χ1) is 7.99. The van der Waals surface area contributed by atoms with Gasteiger partial charge in [-0.3, -0.25) is 0 Å². The summed E-state index contributed by atoms with van der Waals surface area (Å²) in [5.41, 5.74) is 9.42. The monoisotopic (exact) mass is 249 g/mol. The number of aryl methyl sites for hydroxylation is 1. The van der Waals surface area contributed by atoms with Crippen LogP contribution in [0.4, 0.5) is 0 Å². The van der Waals surface area contributed by atoms with Crippen LogP contribution in [0.25, 0.3) is 0 Å². The van der Waals surface area contributed by atoms with Gasteiger partial charge in [-0.25, -0.2) is 0 Å². The molecule has 0 amide bonds. The van der Waals surface area contributed by atoms with Crippen molar-refractivity contribution >= 4 is 11.8 Å². The maximum atomic E-state index is 6.33. The molecule has 0 aliphatic heterocycles. The van der Waals surface area contributed by atoms with Gasteiger partial charge in [-0.1, -0.05) is 43.7 Å². The topological polar surface area (TPSA) is 26.0 Å². The van der Waals surface area contributed by atoms with E-state index in [0.29, 0.717) is 16.7 Å². The van der Waals surface area contributed by atoms with Crippen LogP contribution < -0.4 is 5.73 Å². The second-order valence-electron chi connectivity index (χ2n) is 5.89. The summed E-state index contributed by atoms with van der Waals surface area (Å²) in [6.07, 6.45) is 2.53. The van der Waals surface area contributed by atoms with Gasteiger partial charge in [-0.05, 0) is 30.7 Å². The van der Waals surface area contributed by atoms with Crippen LogP contribution in [0.15, 0.2) is 24.3 Å². The van der Waals surface area contributed by atoms with Crippen molar-refractivity contribution in [3.8, 4) is 0 Å². The summed E-state index contributed by atoms with van der Waals surface area (Å²) in [7, 11) is 0. The first-order valence-corrected chi connectivity index (χ1v) is 7.47. The van der Waals surface area contributed by atoms with E-state index in [1.807, 2.05) is 11.8 Å². The smallest absolute Gasteiger partial charge is 0.0211 e. The third-order valence-corrected chi connectivity index (χ3v) is 5.38. The Bertz CT molecular complexity index is 386. The van der Waals surface area contributed by atoms with Gasteiger partial charge in [0.05, 0.1) is 0 Å². The Balaban J connectivity index is 1.91. The zero-order valence-electron chi connectivity index (χ0n) is 11.1. The fourth-order valence-corrected chi connectivity index (χ4v) is 4.00. The molecule has 2 heteroatoms. The quantitative estimate of drug-likeness (QED) is 0.883. The summed E-state index contributed by atoms with van der Waals surface area (Å²) < 4.78 is 0. The minimum absolute atomic E-state index is 0.324. The standard InChI is InChI=1S/C15H23NS/c1-11-5-4-6-12(9-11)10-17-13-7-8-15(2,3)14(13)16/h4-6,9,13-14H,7-8,10,16H2,1-3H3. The lowest BCUT2D eigenvalue weighted by Gasteiger charge is -2.26. The van der Waals surface area contributed by atoms with Gasteiger partial charge >= 0.3 is 0 Å². The number of nitrogens with two attached hydrogens (primary N) is 1. The van der Waals surface area contributed by atoms with E-state index < -0.39 is 0 Å². The molecule has 0 radical (unpaired) electrons. The highest BCUT2D eigenvalue weighted by atomic mass is 32.2. The molecule has 1 aliphatic carbocycles. The van der Waals surface area contributed by atoms with Crippen LogP contribution in [0.5, 0.6) is 0 Å². The fourth-order valence-electron chi connectivity index (χ4n) is 2.56. The summed E-state index contributed by atoms with van der Waals surface area (Å²) in [6.45, 7) is 6.74. The molecular weight excluding hydrogens is 226 g/mol. The van der Waals surface area contributed by atoms with Crippen LogP contribution >= 0.6 is 11.8 Å². The molecule has 1 nitrogen and oxygen atoms in total. The molecule has 1 aromatic rings. The molecule has 2 atom stereocenters. The molecule has 0 bridgehead atoms. The normalized spacial score (nSPS) is 27.3. The Morgan fingerprint density at radius 3 is 2.76 bits per heavy atom. The van der Waals surface area contributed by atoms with E-state index >= 15 is 0 Å². The summed E-state index contributed by atoms with van der Waals surface area (Å²) >= 11 is 2.03. The van der Waals surface area contributed by atoms with Crippen molar-refractivity contribution in [1.29, 1.82) is 0 Å². The Labute approximate surface area is 109 Å². The van der Waals surface area contributed by atoms with Gasteiger partial charge in [-0.2, -0.15) is 11.8 Å². The van der Waals surface area contributed by atoms with Gasteiger partial charge in [-0.15, -0.1) is 0 Å². The number of rotatable bonds is 3. The largest absolute Gasteiger partial charge is 0.326 e. The molecule has 1 fully saturated rings. The lowest BCUT2D eigenvalue weighted by Crippen LogP contribution is -2.38. The van der Waals surface area contributed by atoms with E-state index in [1.165, 1.54) is 24.0 Å². The first-order valence-electron chi connectivity index (χ1n) is 6.42. The van der Waals surface area contributed by atoms with Crippen molar-refractivity contribution in [3.63, 3.8) is 0 Å². The van der Waals surface area contributed by atoms with E-state index in [-0.39, 0.29) is 0 Å². The Kier molecular flexibility index (Phi) is 3.84. The van der Waals surface area contributed by atoms with Crippen LogP contribution in [0.2, 0.25) is 0 Å². The molecule has 0 heterocycles. The summed E-state index contributed by atoms with van der Waals surface area (Å²) in [4.78, 5) is 0. The van der Waals surface area contributed by atoms with E-state index in [0.717, 1.165) is 5.75 Å². The molecule has 1 aliphatic rings. The predicted molar refractivity (Wildman–Crippen MR) is 77.3 cm³/mol. The van der Waals surface area contributed by atoms with Crippen LogP contribution in [0.3, 0.4) is 0 Å². The molecule has 0 aromatic heterocycles. The summed E-state index contributed by atoms with van der Waals surface area (Å²) in [5, 5.41) is 0.630. The molecule has 1 aromatic carbocycles. The van der Waals surface area contributed by atoms with Crippen molar-refractivity contribution in [2.45, 2.75) is 50.7 Å². The third kappa shape index (κ3) is 3.05. The van der Waals surface area contributed by atoms with Crippen molar-refractivity contribution < 1.29 is 0 Å². The molecular formula is C15H23NS. The zero-order valence-corrected chi connectivity index (χ0v) is 11.9. The van der Waals surface area contributed by atoms with Crippen molar-refractivity contribution in [1.82, 2.24) is 0 Å². The van der Waals surface area contributed by atoms with E-state index in [4.69, 9.17) is 5.73 Å². The number of thioether (sulfide) groups is 1. The maximum Gasteiger partial charge on any atom is 0.0211 e. The van der Waals surface area contributed by atoms with Crippen LogP contribution in [-0.4, -0.2) is 11.3 Å². The molecule has 2 unspecified atom stereocenters. The molecule has 1 saturated carbocycles. The van der Waals surface area contributed by atoms with E-state index in [9.17, 15) is 0 Å². The van der Waals surface area contributed by atoms with Gasteiger partial charge in [0, 0.05) is 17.0 Å². The number of hydrogen-bond donors (Lipinski definition) is 1. The second-order valence-corrected chi connectivity index (χ2v) is 7.12. The first kappa shape index (κ1) is 13.0. The van der Waals surface area contributed by atoms with Gasteiger partial charge in [0.25, 0.3) is 0 Å². The fraction of sp³-hybridized carbons (Fsp3) is 0.600. The molecule has 2 rings (SSSR count). The van der Waals surface area contributed by atoms with Gasteiger partial charge in [0.15, 0.2) is 0 Å². The highest BCUT2D eigenvalue weighted by molar-refractivity contribution is 7.99. The van der Waals surface area contributed by atoms with Crippen LogP contribution in [0, 0.1) is 12.3 Å². The lowest BCUT2D eigenvalue weighted by molar-refractivity contribution is 0.334. The van der Waals surface area contributed by atoms with Crippen molar-refractivity contribution in [3.05, 3.63) is 35.4 Å². The third-order valence-electron chi connectivity index (χ3n) is 3.92. The molecule has 17 heavy (non-hydrogen) atoms. The maximum absolute atomic E-state index is 6.33. The average molecular weight is 249 g/mol. The Morgan fingerprint density at radius 2 is 2.18 bits per heavy atom. The summed E-state index contributed by atoms with van der Waals surface area (Å²) in [6, 6.07) is 9.13. The zero-order chi connectivity index (χ0) is 12.5. The second kappa shape index (κ2) is 5.03. The number of hydrogen-bond acceptors (Lipinski definition) is 2. The molecule has 0 saturated heterocycles. The van der Waals surface area contributed by atoms with Gasteiger partial charge < -0.3 is 5.73 Å². The van der Waals surface area contributed by atoms with Crippen molar-refractivity contribution in [2.75, 3.05) is 0 Å². The minimum Gasteiger partial charge on any atom is -0.326 e. The minimum atomic E-state index is 0.324. The Morgan fingerprint density at radius 1 is 1.41 bits per heavy atom. The lowest BCUT2D eigenvalue weighted by atomic mass is 9.88. The van der Waals surface area contributed by atoms with Gasteiger partial charge in [0.2, 0.25) is 0 Å². The molecule has 94 valence electrons. The Hall–Kier alpha value is -0.470. The highest BCUT2D eigenvalue weighted by Crippen LogP contribution is 2.42. The SMILES string of the molecule is Cc1cccc(CSC2CCC(C)(C)C2N)c1. The van der Waals surface area contributed by atoms with Crippen LogP contribution in [-0.2, 0) is 5.75 Å². The highest BCUT2D eigenvalue weighted by Gasteiger charge is 2.39. The molecule has 0 spiro atoms. The molecule has 2 N–H and O–H groups in total. The number of benzene rings is 1.